The van der Waals surface area contributed by atoms with E-state index in [1.807, 2.05) is 30.3 Å². The Balaban J connectivity index is 1.86. The van der Waals surface area contributed by atoms with Gasteiger partial charge in [0.05, 0.1) is 23.1 Å². The van der Waals surface area contributed by atoms with Crippen molar-refractivity contribution < 1.29 is 4.74 Å². The van der Waals surface area contributed by atoms with Gasteiger partial charge in [-0.1, -0.05) is 41.9 Å². The largest absolute Gasteiger partial charge is 0.494 e. The Kier molecular flexibility index (Phi) is 6.27. The van der Waals surface area contributed by atoms with Crippen molar-refractivity contribution in [3.05, 3.63) is 68.7 Å². The van der Waals surface area contributed by atoms with Gasteiger partial charge in [0.25, 0.3) is 5.56 Å². The van der Waals surface area contributed by atoms with E-state index in [-0.39, 0.29) is 17.0 Å². The summed E-state index contributed by atoms with van der Waals surface area (Å²) in [5, 5.41) is 10.0. The molecule has 0 aliphatic carbocycles. The summed E-state index contributed by atoms with van der Waals surface area (Å²) in [5.41, 5.74) is 1.37. The molecule has 1 heterocycles. The molecule has 0 spiro atoms. The molecule has 0 aliphatic rings. The van der Waals surface area contributed by atoms with Gasteiger partial charge in [-0.25, -0.2) is 4.98 Å². The number of halogens is 1. The number of benzene rings is 2. The number of allylic oxidation sites excluding steroid dienone is 1. The lowest BCUT2D eigenvalue weighted by Gasteiger charge is -2.08. The summed E-state index contributed by atoms with van der Waals surface area (Å²) >= 11 is 3.35. The number of nitrogens with zero attached hydrogens (tertiary/aromatic N) is 2. The minimum Gasteiger partial charge on any atom is -0.494 e. The molecule has 0 aliphatic heterocycles. The summed E-state index contributed by atoms with van der Waals surface area (Å²) in [6.45, 7) is 4.99. The predicted molar refractivity (Wildman–Crippen MR) is 115 cm³/mol. The van der Waals surface area contributed by atoms with Gasteiger partial charge in [0, 0.05) is 4.47 Å². The predicted octanol–water partition coefficient (Wildman–Crippen LogP) is 5.17. The molecule has 142 valence electrons. The number of rotatable bonds is 6. The monoisotopic (exact) mass is 437 g/mol. The Morgan fingerprint density at radius 2 is 2.04 bits per heavy atom. The molecule has 0 radical (unpaired) electrons. The molecule has 6 heteroatoms. The molecule has 0 atom stereocenters. The van der Waals surface area contributed by atoms with E-state index >= 15 is 0 Å². The van der Waals surface area contributed by atoms with Gasteiger partial charge in [-0.05, 0) is 54.3 Å². The van der Waals surface area contributed by atoms with E-state index < -0.39 is 0 Å². The van der Waals surface area contributed by atoms with Crippen LogP contribution in [-0.2, 0) is 0 Å². The van der Waals surface area contributed by atoms with Crippen LogP contribution in [0.15, 0.2) is 51.7 Å². The number of hydrogen-bond donors (Lipinski definition) is 1. The van der Waals surface area contributed by atoms with Gasteiger partial charge in [-0.3, -0.25) is 4.79 Å². The lowest BCUT2D eigenvalue weighted by molar-refractivity contribution is 0.289. The maximum Gasteiger partial charge on any atom is 0.259 e. The first kappa shape index (κ1) is 19.8. The van der Waals surface area contributed by atoms with Crippen LogP contribution >= 0.6 is 15.9 Å². The third kappa shape index (κ3) is 4.87. The van der Waals surface area contributed by atoms with Crippen LogP contribution in [0.5, 0.6) is 5.75 Å². The van der Waals surface area contributed by atoms with Crippen molar-refractivity contribution in [2.24, 2.45) is 5.92 Å². The highest BCUT2D eigenvalue weighted by atomic mass is 79.9. The fourth-order valence-corrected chi connectivity index (χ4v) is 2.99. The molecule has 0 amide bonds. The van der Waals surface area contributed by atoms with E-state index in [9.17, 15) is 10.1 Å². The second-order valence-corrected chi connectivity index (χ2v) is 7.76. The number of nitriles is 1. The molecule has 1 aromatic heterocycles. The zero-order valence-corrected chi connectivity index (χ0v) is 17.3. The molecule has 28 heavy (non-hydrogen) atoms. The van der Waals surface area contributed by atoms with Crippen molar-refractivity contribution in [2.45, 2.75) is 20.3 Å². The smallest absolute Gasteiger partial charge is 0.259 e. The van der Waals surface area contributed by atoms with Crippen molar-refractivity contribution in [3.63, 3.8) is 0 Å². The highest BCUT2D eigenvalue weighted by Crippen LogP contribution is 2.20. The quantitative estimate of drug-likeness (QED) is 0.539. The molecular weight excluding hydrogens is 418 g/mol. The van der Waals surface area contributed by atoms with Crippen LogP contribution in [-0.4, -0.2) is 16.6 Å². The van der Waals surface area contributed by atoms with Crippen molar-refractivity contribution in [1.29, 1.82) is 5.26 Å². The lowest BCUT2D eigenvalue weighted by Crippen LogP contribution is -2.11. The number of ether oxygens (including phenoxy) is 1. The van der Waals surface area contributed by atoms with Crippen LogP contribution < -0.4 is 10.3 Å². The molecule has 0 saturated heterocycles. The Morgan fingerprint density at radius 3 is 2.71 bits per heavy atom. The van der Waals surface area contributed by atoms with E-state index in [0.29, 0.717) is 23.4 Å². The van der Waals surface area contributed by atoms with Gasteiger partial charge >= 0.3 is 0 Å². The maximum atomic E-state index is 12.3. The third-order valence-electron chi connectivity index (χ3n) is 4.20. The summed E-state index contributed by atoms with van der Waals surface area (Å²) in [4.78, 5) is 19.5. The lowest BCUT2D eigenvalue weighted by atomic mass is 10.1. The number of nitrogens with one attached hydrogen (secondary N) is 1. The molecule has 1 N–H and O–H groups in total. The first-order valence-electron chi connectivity index (χ1n) is 9.01. The SMILES string of the molecule is CC(C)CCOc1ccc(/C=C(\C#N)c2nc3ccc(Br)cc3c(=O)[nH]2)cc1. The molecule has 0 unspecified atom stereocenters. The topological polar surface area (TPSA) is 78.8 Å². The Morgan fingerprint density at radius 1 is 1.29 bits per heavy atom. The maximum absolute atomic E-state index is 12.3. The molecule has 2 aromatic carbocycles. The summed E-state index contributed by atoms with van der Waals surface area (Å²) < 4.78 is 6.51. The fraction of sp³-hybridized carbons (Fsp3) is 0.227. The summed E-state index contributed by atoms with van der Waals surface area (Å²) in [5.74, 6) is 1.64. The van der Waals surface area contributed by atoms with Crippen LogP contribution in [0.2, 0.25) is 0 Å². The van der Waals surface area contributed by atoms with Crippen molar-refractivity contribution in [1.82, 2.24) is 9.97 Å². The molecule has 0 saturated carbocycles. The minimum absolute atomic E-state index is 0.250. The molecule has 3 aromatic rings. The molecular formula is C22H20BrN3O2. The minimum atomic E-state index is -0.281. The Hall–Kier alpha value is -2.91. The summed E-state index contributed by atoms with van der Waals surface area (Å²) in [7, 11) is 0. The highest BCUT2D eigenvalue weighted by molar-refractivity contribution is 9.10. The summed E-state index contributed by atoms with van der Waals surface area (Å²) in [6.07, 6.45) is 2.69. The second kappa shape index (κ2) is 8.85. The number of fused-ring (bicyclic) bond motifs is 1. The standard InChI is InChI=1S/C22H20BrN3O2/c1-14(2)9-10-28-18-6-3-15(4-7-18)11-16(13-24)21-25-20-8-5-17(23)12-19(20)22(27)26-21/h3-8,11-12,14H,9-10H2,1-2H3,(H,25,26,27)/b16-11+. The van der Waals surface area contributed by atoms with Gasteiger partial charge in [-0.15, -0.1) is 0 Å². The molecule has 0 fully saturated rings. The number of aromatic amines is 1. The van der Waals surface area contributed by atoms with E-state index in [0.717, 1.165) is 22.2 Å². The van der Waals surface area contributed by atoms with E-state index in [2.05, 4.69) is 45.8 Å². The third-order valence-corrected chi connectivity index (χ3v) is 4.69. The average molecular weight is 438 g/mol. The summed E-state index contributed by atoms with van der Waals surface area (Å²) in [6, 6.07) is 14.9. The van der Waals surface area contributed by atoms with Gasteiger partial charge in [-0.2, -0.15) is 5.26 Å². The Bertz CT molecular complexity index is 1110. The van der Waals surface area contributed by atoms with Crippen molar-refractivity contribution in [2.75, 3.05) is 6.61 Å². The van der Waals surface area contributed by atoms with E-state index in [4.69, 9.17) is 4.74 Å². The van der Waals surface area contributed by atoms with Crippen molar-refractivity contribution >= 4 is 38.5 Å². The van der Waals surface area contributed by atoms with E-state index in [1.54, 1.807) is 18.2 Å². The van der Waals surface area contributed by atoms with Crippen LogP contribution in [0, 0.1) is 17.2 Å². The van der Waals surface area contributed by atoms with Crippen LogP contribution in [0.1, 0.15) is 31.7 Å². The normalized spacial score (nSPS) is 11.6. The second-order valence-electron chi connectivity index (χ2n) is 6.85. The highest BCUT2D eigenvalue weighted by Gasteiger charge is 2.09. The molecule has 0 bridgehead atoms. The zero-order valence-electron chi connectivity index (χ0n) is 15.7. The number of aromatic nitrogens is 2. The van der Waals surface area contributed by atoms with Gasteiger partial charge in [0.2, 0.25) is 0 Å². The first-order chi connectivity index (χ1) is 13.5. The molecule has 3 rings (SSSR count). The van der Waals surface area contributed by atoms with E-state index in [1.165, 1.54) is 0 Å². The number of H-pyrrole nitrogens is 1. The first-order valence-corrected chi connectivity index (χ1v) is 9.80. The van der Waals surface area contributed by atoms with Crippen LogP contribution in [0.4, 0.5) is 0 Å². The van der Waals surface area contributed by atoms with Crippen LogP contribution in [0.3, 0.4) is 0 Å². The zero-order chi connectivity index (χ0) is 20.1. The molecule has 5 nitrogen and oxygen atoms in total. The van der Waals surface area contributed by atoms with Gasteiger partial charge in [0.15, 0.2) is 5.82 Å². The van der Waals surface area contributed by atoms with Crippen LogP contribution in [0.25, 0.3) is 22.6 Å². The fourth-order valence-electron chi connectivity index (χ4n) is 2.63. The average Bonchev–Trinajstić information content (AvgIpc) is 2.67. The number of hydrogen-bond acceptors (Lipinski definition) is 4. The van der Waals surface area contributed by atoms with Gasteiger partial charge in [0.1, 0.15) is 11.8 Å². The van der Waals surface area contributed by atoms with Gasteiger partial charge < -0.3 is 9.72 Å². The van der Waals surface area contributed by atoms with Crippen molar-refractivity contribution in [3.8, 4) is 11.8 Å². The Labute approximate surface area is 171 Å².